The van der Waals surface area contributed by atoms with Gasteiger partial charge in [0.2, 0.25) is 11.0 Å². The van der Waals surface area contributed by atoms with Gasteiger partial charge in [-0.15, -0.1) is 0 Å². The highest BCUT2D eigenvalue weighted by molar-refractivity contribution is 7.09. The highest BCUT2D eigenvalue weighted by atomic mass is 32.1. The summed E-state index contributed by atoms with van der Waals surface area (Å²) in [7, 11) is 0. The van der Waals surface area contributed by atoms with E-state index in [1.807, 2.05) is 24.3 Å². The molecule has 0 saturated carbocycles. The molecule has 0 aliphatic carbocycles. The van der Waals surface area contributed by atoms with Crippen LogP contribution in [0.1, 0.15) is 17.8 Å². The summed E-state index contributed by atoms with van der Waals surface area (Å²) in [5.41, 5.74) is 7.44. The van der Waals surface area contributed by atoms with Crippen molar-refractivity contribution < 1.29 is 4.79 Å². The van der Waals surface area contributed by atoms with Crippen LogP contribution in [-0.2, 0) is 11.2 Å². The van der Waals surface area contributed by atoms with Crippen LogP contribution in [0.4, 0.5) is 10.8 Å². The molecule has 2 rings (SSSR count). The third-order valence-corrected chi connectivity index (χ3v) is 3.09. The van der Waals surface area contributed by atoms with Crippen LogP contribution in [0.3, 0.4) is 0 Å². The van der Waals surface area contributed by atoms with Crippen LogP contribution in [0.15, 0.2) is 24.3 Å². The minimum atomic E-state index is -0.0615. The van der Waals surface area contributed by atoms with Crippen LogP contribution >= 0.6 is 11.5 Å². The molecule has 1 aromatic heterocycles. The zero-order valence-corrected chi connectivity index (χ0v) is 10.8. The molecule has 2 aromatic rings. The van der Waals surface area contributed by atoms with Crippen molar-refractivity contribution in [3.8, 4) is 0 Å². The minimum Gasteiger partial charge on any atom is -0.399 e. The Morgan fingerprint density at radius 2 is 2.33 bits per heavy atom. The first-order valence-corrected chi connectivity index (χ1v) is 6.35. The second kappa shape index (κ2) is 5.59. The first kappa shape index (κ1) is 12.5. The molecule has 3 N–H and O–H groups in total. The third-order valence-electron chi connectivity index (χ3n) is 2.37. The lowest BCUT2D eigenvalue weighted by Crippen LogP contribution is -2.12. The van der Waals surface area contributed by atoms with Crippen molar-refractivity contribution in [3.63, 3.8) is 0 Å². The maximum atomic E-state index is 11.7. The first-order chi connectivity index (χ1) is 8.63. The van der Waals surface area contributed by atoms with Gasteiger partial charge < -0.3 is 11.1 Å². The van der Waals surface area contributed by atoms with Gasteiger partial charge in [-0.25, -0.2) is 4.98 Å². The fourth-order valence-corrected chi connectivity index (χ4v) is 2.13. The molecule has 0 atom stereocenters. The number of aromatic nitrogens is 2. The maximum Gasteiger partial charge on any atom is 0.226 e. The first-order valence-electron chi connectivity index (χ1n) is 5.58. The summed E-state index contributed by atoms with van der Waals surface area (Å²) in [6.45, 7) is 1.79. The van der Waals surface area contributed by atoms with Crippen LogP contribution in [0.5, 0.6) is 0 Å². The third kappa shape index (κ3) is 3.53. The van der Waals surface area contributed by atoms with Gasteiger partial charge in [0.05, 0.1) is 0 Å². The fourth-order valence-electron chi connectivity index (χ4n) is 1.54. The number of amides is 1. The Bertz CT molecular complexity index is 553. The van der Waals surface area contributed by atoms with Gasteiger partial charge in [0, 0.05) is 23.6 Å². The molecule has 0 radical (unpaired) electrons. The lowest BCUT2D eigenvalue weighted by Gasteiger charge is -2.02. The minimum absolute atomic E-state index is 0.0615. The molecule has 0 fully saturated rings. The molecule has 1 amide bonds. The van der Waals surface area contributed by atoms with Crippen molar-refractivity contribution in [1.29, 1.82) is 0 Å². The Kier molecular flexibility index (Phi) is 3.88. The number of hydrogen-bond donors (Lipinski definition) is 2. The van der Waals surface area contributed by atoms with Crippen molar-refractivity contribution in [3.05, 3.63) is 35.7 Å². The van der Waals surface area contributed by atoms with Gasteiger partial charge in [0.15, 0.2) is 0 Å². The number of carbonyl (C=O) groups excluding carboxylic acids is 1. The van der Waals surface area contributed by atoms with E-state index < -0.39 is 0 Å². The van der Waals surface area contributed by atoms with Crippen LogP contribution in [0.2, 0.25) is 0 Å². The predicted octanol–water partition coefficient (Wildman–Crippen LogP) is 2.00. The molecule has 1 heterocycles. The molecular weight excluding hydrogens is 248 g/mol. The summed E-state index contributed by atoms with van der Waals surface area (Å²) >= 11 is 1.19. The Labute approximate surface area is 109 Å². The van der Waals surface area contributed by atoms with Crippen molar-refractivity contribution >= 4 is 28.3 Å². The molecule has 0 unspecified atom stereocenters. The lowest BCUT2D eigenvalue weighted by molar-refractivity contribution is -0.116. The van der Waals surface area contributed by atoms with Gasteiger partial charge in [0.1, 0.15) is 5.82 Å². The number of nitrogens with one attached hydrogen (secondary N) is 1. The van der Waals surface area contributed by atoms with Crippen LogP contribution in [-0.4, -0.2) is 15.3 Å². The second-order valence-corrected chi connectivity index (χ2v) is 4.69. The number of nitrogen functional groups attached to an aromatic ring is 1. The maximum absolute atomic E-state index is 11.7. The van der Waals surface area contributed by atoms with Crippen molar-refractivity contribution in [1.82, 2.24) is 9.36 Å². The summed E-state index contributed by atoms with van der Waals surface area (Å²) in [5, 5.41) is 3.27. The Morgan fingerprint density at radius 3 is 3.00 bits per heavy atom. The summed E-state index contributed by atoms with van der Waals surface area (Å²) in [5.74, 6) is 0.611. The molecular formula is C12H14N4OS. The summed E-state index contributed by atoms with van der Waals surface area (Å²) < 4.78 is 4.00. The Balaban J connectivity index is 1.85. The zero-order valence-electron chi connectivity index (χ0n) is 10.0. The number of anilines is 2. The van der Waals surface area contributed by atoms with Gasteiger partial charge in [0.25, 0.3) is 0 Å². The zero-order chi connectivity index (χ0) is 13.0. The molecule has 6 heteroatoms. The predicted molar refractivity (Wildman–Crippen MR) is 72.5 cm³/mol. The average molecular weight is 262 g/mol. The fraction of sp³-hybridized carbons (Fsp3) is 0.250. The van der Waals surface area contributed by atoms with Gasteiger partial charge >= 0.3 is 0 Å². The number of rotatable bonds is 4. The Hall–Kier alpha value is -1.95. The largest absolute Gasteiger partial charge is 0.399 e. The van der Waals surface area contributed by atoms with Crippen LogP contribution in [0, 0.1) is 6.92 Å². The van der Waals surface area contributed by atoms with E-state index in [0.29, 0.717) is 29.5 Å². The van der Waals surface area contributed by atoms with E-state index in [1.165, 1.54) is 11.5 Å². The van der Waals surface area contributed by atoms with Crippen molar-refractivity contribution in [2.24, 2.45) is 0 Å². The molecule has 0 aliphatic rings. The van der Waals surface area contributed by atoms with E-state index in [9.17, 15) is 4.79 Å². The second-order valence-electron chi connectivity index (χ2n) is 3.94. The number of hydrogen-bond acceptors (Lipinski definition) is 5. The molecule has 0 saturated heterocycles. The molecule has 0 aliphatic heterocycles. The van der Waals surface area contributed by atoms with E-state index in [2.05, 4.69) is 14.7 Å². The summed E-state index contributed by atoms with van der Waals surface area (Å²) in [4.78, 5) is 15.8. The van der Waals surface area contributed by atoms with Crippen molar-refractivity contribution in [2.45, 2.75) is 19.8 Å². The normalized spacial score (nSPS) is 10.3. The summed E-state index contributed by atoms with van der Waals surface area (Å²) in [6, 6.07) is 7.55. The van der Waals surface area contributed by atoms with Crippen LogP contribution in [0.25, 0.3) is 0 Å². The average Bonchev–Trinajstić information content (AvgIpc) is 2.72. The Morgan fingerprint density at radius 1 is 1.50 bits per heavy atom. The van der Waals surface area contributed by atoms with E-state index in [-0.39, 0.29) is 5.91 Å². The number of nitrogens with zero attached hydrogens (tertiary/aromatic N) is 2. The standard InChI is InChI=1S/C12H14N4OS/c1-8-14-12(18-16-8)15-11(17)6-5-9-3-2-4-10(13)7-9/h2-4,7H,5-6,13H2,1H3,(H,14,15,16,17). The monoisotopic (exact) mass is 262 g/mol. The van der Waals surface area contributed by atoms with Gasteiger partial charge in [-0.2, -0.15) is 4.37 Å². The van der Waals surface area contributed by atoms with E-state index in [4.69, 9.17) is 5.73 Å². The highest BCUT2D eigenvalue weighted by Crippen LogP contribution is 2.12. The topological polar surface area (TPSA) is 80.9 Å². The quantitative estimate of drug-likeness (QED) is 0.826. The number of carbonyl (C=O) groups is 1. The molecule has 18 heavy (non-hydrogen) atoms. The smallest absolute Gasteiger partial charge is 0.226 e. The van der Waals surface area contributed by atoms with Gasteiger partial charge in [-0.3, -0.25) is 4.79 Å². The van der Waals surface area contributed by atoms with Crippen molar-refractivity contribution in [2.75, 3.05) is 11.1 Å². The number of aryl methyl sites for hydroxylation is 2. The number of benzene rings is 1. The molecule has 1 aromatic carbocycles. The summed E-state index contributed by atoms with van der Waals surface area (Å²) in [6.07, 6.45) is 1.07. The lowest BCUT2D eigenvalue weighted by atomic mass is 10.1. The number of nitrogens with two attached hydrogens (primary N) is 1. The van der Waals surface area contributed by atoms with E-state index >= 15 is 0 Å². The van der Waals surface area contributed by atoms with Gasteiger partial charge in [-0.1, -0.05) is 12.1 Å². The molecule has 0 bridgehead atoms. The van der Waals surface area contributed by atoms with Crippen LogP contribution < -0.4 is 11.1 Å². The van der Waals surface area contributed by atoms with E-state index in [1.54, 1.807) is 6.92 Å². The molecule has 5 nitrogen and oxygen atoms in total. The highest BCUT2D eigenvalue weighted by Gasteiger charge is 2.06. The van der Waals surface area contributed by atoms with Gasteiger partial charge in [-0.05, 0) is 31.0 Å². The van der Waals surface area contributed by atoms with E-state index in [0.717, 1.165) is 5.56 Å². The molecule has 94 valence electrons. The molecule has 0 spiro atoms. The SMILES string of the molecule is Cc1nsc(NC(=O)CCc2cccc(N)c2)n1.